The van der Waals surface area contributed by atoms with Gasteiger partial charge >= 0.3 is 6.18 Å². The summed E-state index contributed by atoms with van der Waals surface area (Å²) in [5.41, 5.74) is 0.0844. The lowest BCUT2D eigenvalue weighted by Gasteiger charge is -2.17. The van der Waals surface area contributed by atoms with Crippen molar-refractivity contribution in [2.24, 2.45) is 0 Å². The molecule has 10 heteroatoms. The molecule has 0 amide bonds. The van der Waals surface area contributed by atoms with Gasteiger partial charge in [-0.05, 0) is 6.42 Å². The summed E-state index contributed by atoms with van der Waals surface area (Å²) in [6, 6.07) is 0. The predicted octanol–water partition coefficient (Wildman–Crippen LogP) is 1.20. The highest BCUT2D eigenvalue weighted by Crippen LogP contribution is 2.23. The largest absolute Gasteiger partial charge is 0.389 e. The fourth-order valence-corrected chi connectivity index (χ4v) is 2.68. The van der Waals surface area contributed by atoms with Crippen LogP contribution < -0.4 is 10.5 Å². The molecule has 3 heterocycles. The molecule has 23 heavy (non-hydrogen) atoms. The van der Waals surface area contributed by atoms with Crippen LogP contribution in [0.2, 0.25) is 0 Å². The summed E-state index contributed by atoms with van der Waals surface area (Å²) in [4.78, 5) is 18.2. The first-order chi connectivity index (χ1) is 10.9. The van der Waals surface area contributed by atoms with E-state index in [1.807, 2.05) is 0 Å². The number of aromatic nitrogens is 4. The normalized spacial score (nSPS) is 14.7. The van der Waals surface area contributed by atoms with Crippen molar-refractivity contribution in [2.45, 2.75) is 32.2 Å². The highest BCUT2D eigenvalue weighted by atomic mass is 19.4. The molecular formula is C13H16F3N5O2. The number of anilines is 1. The number of nitrogens with zero attached hydrogens (tertiary/aromatic N) is 5. The molecule has 0 saturated carbocycles. The first kappa shape index (κ1) is 15.8. The maximum absolute atomic E-state index is 12.4. The van der Waals surface area contributed by atoms with Crippen molar-refractivity contribution in [3.8, 4) is 0 Å². The van der Waals surface area contributed by atoms with Gasteiger partial charge in [-0.25, -0.2) is 9.50 Å². The summed E-state index contributed by atoms with van der Waals surface area (Å²) in [6.07, 6.45) is -3.63. The lowest BCUT2D eigenvalue weighted by atomic mass is 10.3. The van der Waals surface area contributed by atoms with Crippen LogP contribution in [-0.4, -0.2) is 45.5 Å². The van der Waals surface area contributed by atoms with Gasteiger partial charge in [-0.15, -0.1) is 5.10 Å². The molecule has 0 spiro atoms. The molecule has 0 fully saturated rings. The van der Waals surface area contributed by atoms with E-state index in [2.05, 4.69) is 10.1 Å². The first-order valence-corrected chi connectivity index (χ1v) is 7.19. The number of hydrogen-bond donors (Lipinski definition) is 0. The van der Waals surface area contributed by atoms with Crippen molar-refractivity contribution in [2.75, 3.05) is 25.1 Å². The second kappa shape index (κ2) is 5.84. The number of methoxy groups -OCH3 is 1. The van der Waals surface area contributed by atoms with Crippen LogP contribution in [-0.2, 0) is 17.9 Å². The molecule has 0 radical (unpaired) electrons. The fourth-order valence-electron chi connectivity index (χ4n) is 2.68. The van der Waals surface area contributed by atoms with Crippen molar-refractivity contribution in [1.82, 2.24) is 19.2 Å². The predicted molar refractivity (Wildman–Crippen MR) is 75.5 cm³/mol. The van der Waals surface area contributed by atoms with Crippen LogP contribution in [0.3, 0.4) is 0 Å². The number of alkyl halides is 3. The van der Waals surface area contributed by atoms with E-state index in [9.17, 15) is 18.0 Å². The zero-order valence-electron chi connectivity index (χ0n) is 12.5. The summed E-state index contributed by atoms with van der Waals surface area (Å²) in [6.45, 7) is 1.28. The Bertz CT molecular complexity index is 767. The van der Waals surface area contributed by atoms with Gasteiger partial charge in [0.1, 0.15) is 6.61 Å². The van der Waals surface area contributed by atoms with Crippen LogP contribution in [0, 0.1) is 0 Å². The van der Waals surface area contributed by atoms with Gasteiger partial charge < -0.3 is 9.64 Å². The number of halogens is 3. The number of fused-ring (bicyclic) bond motifs is 2. The lowest BCUT2D eigenvalue weighted by Crippen LogP contribution is -2.27. The van der Waals surface area contributed by atoms with Crippen LogP contribution in [0.4, 0.5) is 19.1 Å². The summed E-state index contributed by atoms with van der Waals surface area (Å²) >= 11 is 0. The van der Waals surface area contributed by atoms with E-state index >= 15 is 0 Å². The molecule has 126 valence electrons. The molecule has 0 saturated heterocycles. The minimum atomic E-state index is -4.17. The molecule has 0 aliphatic carbocycles. The van der Waals surface area contributed by atoms with E-state index in [1.165, 1.54) is 22.4 Å². The van der Waals surface area contributed by atoms with Crippen molar-refractivity contribution in [3.05, 3.63) is 22.4 Å². The summed E-state index contributed by atoms with van der Waals surface area (Å²) < 4.78 is 44.7. The first-order valence-electron chi connectivity index (χ1n) is 7.19. The molecule has 7 nitrogen and oxygen atoms in total. The van der Waals surface area contributed by atoms with Crippen molar-refractivity contribution in [1.29, 1.82) is 0 Å². The third-order valence-corrected chi connectivity index (χ3v) is 3.74. The van der Waals surface area contributed by atoms with E-state index < -0.39 is 12.6 Å². The van der Waals surface area contributed by atoms with Crippen LogP contribution in [0.15, 0.2) is 11.0 Å². The number of rotatable bonds is 5. The quantitative estimate of drug-likeness (QED) is 0.824. The Morgan fingerprint density at radius 3 is 2.83 bits per heavy atom. The van der Waals surface area contributed by atoms with Gasteiger partial charge in [0.15, 0.2) is 11.3 Å². The molecule has 0 atom stereocenters. The van der Waals surface area contributed by atoms with Gasteiger partial charge in [0.2, 0.25) is 5.95 Å². The van der Waals surface area contributed by atoms with Crippen LogP contribution in [0.1, 0.15) is 18.7 Å². The third kappa shape index (κ3) is 3.03. The minimum absolute atomic E-state index is 0.0355. The van der Waals surface area contributed by atoms with E-state index in [0.717, 1.165) is 0 Å². The lowest BCUT2D eigenvalue weighted by molar-refractivity contribution is -0.135. The molecule has 3 rings (SSSR count). The molecule has 1 aliphatic rings. The molecular weight excluding hydrogens is 315 g/mol. The average Bonchev–Trinajstić information content (AvgIpc) is 3.05. The number of imidazole rings is 1. The average molecular weight is 331 g/mol. The Hall–Kier alpha value is -2.10. The molecule has 0 aromatic carbocycles. The minimum Gasteiger partial charge on any atom is -0.377 e. The van der Waals surface area contributed by atoms with Gasteiger partial charge in [-0.2, -0.15) is 13.2 Å². The Kier molecular flexibility index (Phi) is 4.00. The van der Waals surface area contributed by atoms with E-state index in [1.54, 1.807) is 4.90 Å². The van der Waals surface area contributed by atoms with E-state index in [4.69, 9.17) is 4.74 Å². The second-order valence-corrected chi connectivity index (χ2v) is 5.37. The van der Waals surface area contributed by atoms with Gasteiger partial charge in [0.25, 0.3) is 5.56 Å². The highest BCUT2D eigenvalue weighted by molar-refractivity contribution is 5.47. The summed E-state index contributed by atoms with van der Waals surface area (Å²) in [7, 11) is 1.50. The molecule has 1 aliphatic heterocycles. The van der Waals surface area contributed by atoms with Gasteiger partial charge in [-0.1, -0.05) is 0 Å². The smallest absolute Gasteiger partial charge is 0.377 e. The van der Waals surface area contributed by atoms with Crippen molar-refractivity contribution >= 4 is 11.5 Å². The fraction of sp³-hybridized carbons (Fsp3) is 0.615. The van der Waals surface area contributed by atoms with Gasteiger partial charge in [-0.3, -0.25) is 9.36 Å². The molecule has 2 aromatic rings. The number of hydrogen-bond acceptors (Lipinski definition) is 5. The number of ether oxygens (including phenoxy) is 1. The van der Waals surface area contributed by atoms with Crippen LogP contribution in [0.25, 0.3) is 5.52 Å². The maximum Gasteiger partial charge on any atom is 0.389 e. The standard InChI is InChI=1S/C13H16F3N5O2/c1-23-8-10-17-7-9-11(22)20-6-5-19(12(20)18-21(9)10)4-2-3-13(14,15)16/h7H,2-6,8H2,1H3. The Balaban J connectivity index is 1.89. The molecule has 0 N–H and O–H groups in total. The Labute approximate surface area is 129 Å². The van der Waals surface area contributed by atoms with Crippen molar-refractivity contribution in [3.63, 3.8) is 0 Å². The third-order valence-electron chi connectivity index (χ3n) is 3.74. The Morgan fingerprint density at radius 2 is 2.13 bits per heavy atom. The topological polar surface area (TPSA) is 64.7 Å². The van der Waals surface area contributed by atoms with Crippen LogP contribution >= 0.6 is 0 Å². The second-order valence-electron chi connectivity index (χ2n) is 5.37. The highest BCUT2D eigenvalue weighted by Gasteiger charge is 2.29. The van der Waals surface area contributed by atoms with Gasteiger partial charge in [0, 0.05) is 33.2 Å². The zero-order valence-corrected chi connectivity index (χ0v) is 12.5. The van der Waals surface area contributed by atoms with E-state index in [0.29, 0.717) is 30.4 Å². The maximum atomic E-state index is 12.4. The molecule has 0 bridgehead atoms. The molecule has 0 unspecified atom stereocenters. The molecule has 2 aromatic heterocycles. The monoisotopic (exact) mass is 331 g/mol. The van der Waals surface area contributed by atoms with Crippen LogP contribution in [0.5, 0.6) is 0 Å². The summed E-state index contributed by atoms with van der Waals surface area (Å²) in [5.74, 6) is 0.852. The Morgan fingerprint density at radius 1 is 1.35 bits per heavy atom. The van der Waals surface area contributed by atoms with Crippen molar-refractivity contribution < 1.29 is 17.9 Å². The van der Waals surface area contributed by atoms with Gasteiger partial charge in [0.05, 0.1) is 6.20 Å². The zero-order chi connectivity index (χ0) is 16.6. The SMILES string of the molecule is COCc1ncc2c(=O)n3c(nn12)N(CCCC(F)(F)F)CC3. The summed E-state index contributed by atoms with van der Waals surface area (Å²) in [5, 5.41) is 4.37. The van der Waals surface area contributed by atoms with E-state index in [-0.39, 0.29) is 25.1 Å².